The number of aliphatic hydroxyl groups is 1. The molecule has 35 heavy (non-hydrogen) atoms. The van der Waals surface area contributed by atoms with Gasteiger partial charge < -0.3 is 24.4 Å². The molecule has 4 heterocycles. The summed E-state index contributed by atoms with van der Waals surface area (Å²) in [6, 6.07) is -0.775. The van der Waals surface area contributed by atoms with Gasteiger partial charge in [0.05, 0.1) is 19.1 Å². The standard InChI is InChI=1S/C27H38N2O6/c1-2-26-13-8-3-4-9-18-34-25(33)21(26)20-23(31)29(16-17-30)22-24(32)28(19-11-6-5-7-12-19)15-10-14-27(20,22)35-26/h8,10,13-14,19-22,30H,2-7,9,11-12,15-18H2,1H3/b13-8-/t20-,21+,22?,26-,27-/m0/s1. The molecular weight excluding hydrogens is 448 g/mol. The molecule has 5 rings (SSSR count). The maximum atomic E-state index is 14.2. The van der Waals surface area contributed by atoms with Crippen molar-refractivity contribution < 1.29 is 29.0 Å². The van der Waals surface area contributed by atoms with Crippen LogP contribution in [0.1, 0.15) is 64.7 Å². The number of ether oxygens (including phenoxy) is 2. The molecule has 192 valence electrons. The highest BCUT2D eigenvalue weighted by molar-refractivity contribution is 5.99. The van der Waals surface area contributed by atoms with E-state index in [-0.39, 0.29) is 31.0 Å². The Balaban J connectivity index is 1.62. The third-order valence-electron chi connectivity index (χ3n) is 8.77. The van der Waals surface area contributed by atoms with Crippen molar-refractivity contribution in [3.05, 3.63) is 24.3 Å². The minimum atomic E-state index is -1.27. The molecule has 2 saturated heterocycles. The van der Waals surface area contributed by atoms with Gasteiger partial charge in [0.2, 0.25) is 11.8 Å². The number of cyclic esters (lactones) is 1. The first-order chi connectivity index (χ1) is 17.0. The van der Waals surface area contributed by atoms with E-state index in [1.165, 1.54) is 11.3 Å². The predicted molar refractivity (Wildman–Crippen MR) is 128 cm³/mol. The van der Waals surface area contributed by atoms with Crippen molar-refractivity contribution in [3.8, 4) is 0 Å². The molecule has 1 saturated carbocycles. The van der Waals surface area contributed by atoms with Crippen LogP contribution in [0.5, 0.6) is 0 Å². The highest BCUT2D eigenvalue weighted by Gasteiger charge is 2.75. The van der Waals surface area contributed by atoms with Crippen LogP contribution in [-0.4, -0.2) is 82.3 Å². The van der Waals surface area contributed by atoms with Crippen LogP contribution in [0.2, 0.25) is 0 Å². The summed E-state index contributed by atoms with van der Waals surface area (Å²) in [6.45, 7) is 2.49. The first-order valence-electron chi connectivity index (χ1n) is 13.4. The van der Waals surface area contributed by atoms with E-state index in [2.05, 4.69) is 0 Å². The zero-order chi connectivity index (χ0) is 24.6. The summed E-state index contributed by atoms with van der Waals surface area (Å²) in [7, 11) is 0. The Bertz CT molecular complexity index is 911. The van der Waals surface area contributed by atoms with E-state index in [0.717, 1.165) is 44.9 Å². The molecule has 3 fully saturated rings. The van der Waals surface area contributed by atoms with Gasteiger partial charge in [-0.25, -0.2) is 0 Å². The number of β-amino-alcohol motifs (C(OH)–C–C–N with tert-alkyl or cyclic N) is 1. The summed E-state index contributed by atoms with van der Waals surface area (Å²) in [5.41, 5.74) is -2.30. The number of likely N-dealkylation sites (tertiary alicyclic amines) is 1. The SMILES string of the molecule is CC[C@]12/C=C\CCCCOC(=O)[C@H]1[C@H]1C(=O)N(CCO)C3C(=O)N(C4CCCCC4)CC=C[C@@]31O2. The predicted octanol–water partition coefficient (Wildman–Crippen LogP) is 2.35. The molecule has 1 N–H and O–H groups in total. The average molecular weight is 487 g/mol. The average Bonchev–Trinajstić information content (AvgIpc) is 3.21. The van der Waals surface area contributed by atoms with Crippen molar-refractivity contribution in [2.75, 3.05) is 26.3 Å². The zero-order valence-electron chi connectivity index (χ0n) is 20.7. The molecule has 0 radical (unpaired) electrons. The van der Waals surface area contributed by atoms with Gasteiger partial charge in [0, 0.05) is 19.1 Å². The maximum Gasteiger partial charge on any atom is 0.313 e. The molecule has 5 aliphatic rings. The van der Waals surface area contributed by atoms with Gasteiger partial charge in [0.25, 0.3) is 0 Å². The first-order valence-corrected chi connectivity index (χ1v) is 13.4. The molecule has 0 aromatic carbocycles. The lowest BCUT2D eigenvalue weighted by Gasteiger charge is -2.40. The van der Waals surface area contributed by atoms with E-state index in [1.807, 2.05) is 36.1 Å². The molecule has 1 spiro atoms. The monoisotopic (exact) mass is 486 g/mol. The van der Waals surface area contributed by atoms with Crippen molar-refractivity contribution in [2.24, 2.45) is 11.8 Å². The van der Waals surface area contributed by atoms with Crippen molar-refractivity contribution >= 4 is 17.8 Å². The van der Waals surface area contributed by atoms with Crippen LogP contribution < -0.4 is 0 Å². The van der Waals surface area contributed by atoms with Crippen LogP contribution in [0.4, 0.5) is 0 Å². The van der Waals surface area contributed by atoms with Crippen LogP contribution in [0.3, 0.4) is 0 Å². The van der Waals surface area contributed by atoms with Crippen molar-refractivity contribution in [1.29, 1.82) is 0 Å². The summed E-state index contributed by atoms with van der Waals surface area (Å²) in [6.07, 6.45) is 16.1. The Kier molecular flexibility index (Phi) is 6.79. The van der Waals surface area contributed by atoms with Gasteiger partial charge in [0.1, 0.15) is 23.2 Å². The minimum absolute atomic E-state index is 0.0277. The van der Waals surface area contributed by atoms with E-state index in [9.17, 15) is 19.5 Å². The van der Waals surface area contributed by atoms with Gasteiger partial charge >= 0.3 is 5.97 Å². The Labute approximate surface area is 207 Å². The van der Waals surface area contributed by atoms with E-state index in [0.29, 0.717) is 19.6 Å². The number of nitrogens with zero attached hydrogens (tertiary/aromatic N) is 2. The summed E-state index contributed by atoms with van der Waals surface area (Å²) in [4.78, 5) is 45.1. The number of aliphatic hydroxyl groups excluding tert-OH is 1. The van der Waals surface area contributed by atoms with Gasteiger partial charge in [0.15, 0.2) is 0 Å². The van der Waals surface area contributed by atoms with E-state index in [4.69, 9.17) is 9.47 Å². The van der Waals surface area contributed by atoms with Crippen LogP contribution in [-0.2, 0) is 23.9 Å². The number of esters is 1. The number of fused-ring (bicyclic) bond motifs is 2. The summed E-state index contributed by atoms with van der Waals surface area (Å²) in [5.74, 6) is -2.61. The molecule has 1 aliphatic carbocycles. The largest absolute Gasteiger partial charge is 0.465 e. The molecule has 0 bridgehead atoms. The number of hydrogen-bond acceptors (Lipinski definition) is 6. The fourth-order valence-corrected chi connectivity index (χ4v) is 7.12. The lowest BCUT2D eigenvalue weighted by atomic mass is 9.73. The normalized spacial score (nSPS) is 39.0. The number of carbonyl (C=O) groups excluding carboxylic acids is 3. The third-order valence-corrected chi connectivity index (χ3v) is 8.77. The number of carbonyl (C=O) groups is 3. The summed E-state index contributed by atoms with van der Waals surface area (Å²) >= 11 is 0. The van der Waals surface area contributed by atoms with Gasteiger partial charge in [-0.05, 0) is 38.5 Å². The molecule has 4 aliphatic heterocycles. The molecular formula is C27H38N2O6. The second kappa shape index (κ2) is 9.69. The molecule has 2 amide bonds. The van der Waals surface area contributed by atoms with Crippen LogP contribution >= 0.6 is 0 Å². The molecule has 8 nitrogen and oxygen atoms in total. The quantitative estimate of drug-likeness (QED) is 0.484. The second-order valence-corrected chi connectivity index (χ2v) is 10.6. The summed E-state index contributed by atoms with van der Waals surface area (Å²) in [5, 5.41) is 9.82. The minimum Gasteiger partial charge on any atom is -0.465 e. The Morgan fingerprint density at radius 3 is 2.54 bits per heavy atom. The highest BCUT2D eigenvalue weighted by Crippen LogP contribution is 2.58. The van der Waals surface area contributed by atoms with Gasteiger partial charge in [-0.2, -0.15) is 0 Å². The number of allylic oxidation sites excluding steroid dienone is 1. The molecule has 0 aromatic rings. The molecule has 8 heteroatoms. The second-order valence-electron chi connectivity index (χ2n) is 10.6. The van der Waals surface area contributed by atoms with Crippen molar-refractivity contribution in [1.82, 2.24) is 9.80 Å². The molecule has 1 unspecified atom stereocenters. The Hall–Kier alpha value is -2.19. The van der Waals surface area contributed by atoms with Crippen molar-refractivity contribution in [2.45, 2.75) is 88.0 Å². The number of rotatable bonds is 4. The summed E-state index contributed by atoms with van der Waals surface area (Å²) < 4.78 is 12.6. The van der Waals surface area contributed by atoms with Gasteiger partial charge in [-0.3, -0.25) is 14.4 Å². The maximum absolute atomic E-state index is 14.2. The fraction of sp³-hybridized carbons (Fsp3) is 0.741. The Morgan fingerprint density at radius 1 is 1.00 bits per heavy atom. The lowest BCUT2D eigenvalue weighted by molar-refractivity contribution is -0.162. The number of hydrogen-bond donors (Lipinski definition) is 1. The van der Waals surface area contributed by atoms with E-state index < -0.39 is 35.0 Å². The fourth-order valence-electron chi connectivity index (χ4n) is 7.12. The Morgan fingerprint density at radius 2 is 1.80 bits per heavy atom. The van der Waals surface area contributed by atoms with Gasteiger partial charge in [-0.1, -0.05) is 50.5 Å². The number of amides is 2. The van der Waals surface area contributed by atoms with E-state index in [1.54, 1.807) is 0 Å². The molecule has 5 atom stereocenters. The van der Waals surface area contributed by atoms with Crippen LogP contribution in [0.15, 0.2) is 24.3 Å². The third kappa shape index (κ3) is 3.84. The first kappa shape index (κ1) is 24.5. The van der Waals surface area contributed by atoms with Crippen LogP contribution in [0.25, 0.3) is 0 Å². The van der Waals surface area contributed by atoms with Crippen molar-refractivity contribution in [3.63, 3.8) is 0 Å². The highest BCUT2D eigenvalue weighted by atomic mass is 16.6. The topological polar surface area (TPSA) is 96.4 Å². The molecule has 0 aromatic heterocycles. The smallest absolute Gasteiger partial charge is 0.313 e. The zero-order valence-corrected chi connectivity index (χ0v) is 20.7. The van der Waals surface area contributed by atoms with Gasteiger partial charge in [-0.15, -0.1) is 0 Å². The van der Waals surface area contributed by atoms with E-state index >= 15 is 0 Å². The lowest BCUT2D eigenvalue weighted by Crippen LogP contribution is -2.58. The van der Waals surface area contributed by atoms with Crippen LogP contribution in [0, 0.1) is 11.8 Å².